The van der Waals surface area contributed by atoms with Gasteiger partial charge in [-0.2, -0.15) is 0 Å². The molecule has 1 aromatic carbocycles. The Labute approximate surface area is 90.4 Å². The first-order valence-electron chi connectivity index (χ1n) is 5.03. The zero-order chi connectivity index (χ0) is 11.3. The van der Waals surface area contributed by atoms with Crippen LogP contribution in [-0.2, 0) is 9.53 Å². The van der Waals surface area contributed by atoms with Crippen molar-refractivity contribution in [3.63, 3.8) is 0 Å². The van der Waals surface area contributed by atoms with Gasteiger partial charge in [-0.1, -0.05) is 30.3 Å². The molecule has 0 aliphatic carbocycles. The van der Waals surface area contributed by atoms with Crippen LogP contribution in [0.1, 0.15) is 25.5 Å². The van der Waals surface area contributed by atoms with Crippen molar-refractivity contribution in [2.45, 2.75) is 26.0 Å². The van der Waals surface area contributed by atoms with Crippen LogP contribution in [0.15, 0.2) is 30.3 Å². The summed E-state index contributed by atoms with van der Waals surface area (Å²) in [6.45, 7) is 3.68. The summed E-state index contributed by atoms with van der Waals surface area (Å²) in [4.78, 5) is 11.5. The van der Waals surface area contributed by atoms with Crippen molar-refractivity contribution >= 4 is 5.91 Å². The molecule has 2 unspecified atom stereocenters. The van der Waals surface area contributed by atoms with Crippen molar-refractivity contribution in [1.29, 1.82) is 0 Å². The minimum Gasteiger partial charge on any atom is -0.372 e. The number of carbonyl (C=O) groups is 1. The van der Waals surface area contributed by atoms with Gasteiger partial charge in [-0.3, -0.25) is 4.79 Å². The number of hydrogen-bond donors (Lipinski definition) is 1. The van der Waals surface area contributed by atoms with Crippen molar-refractivity contribution in [3.05, 3.63) is 35.9 Å². The van der Waals surface area contributed by atoms with E-state index in [4.69, 9.17) is 4.74 Å². The summed E-state index contributed by atoms with van der Waals surface area (Å²) in [5.74, 6) is -0.0890. The Morgan fingerprint density at radius 3 is 2.40 bits per heavy atom. The lowest BCUT2D eigenvalue weighted by atomic mass is 10.1. The van der Waals surface area contributed by atoms with Gasteiger partial charge in [0.05, 0.1) is 6.04 Å². The first-order valence-corrected chi connectivity index (χ1v) is 5.03. The van der Waals surface area contributed by atoms with Gasteiger partial charge in [0, 0.05) is 7.11 Å². The van der Waals surface area contributed by atoms with Gasteiger partial charge >= 0.3 is 0 Å². The Morgan fingerprint density at radius 2 is 1.87 bits per heavy atom. The highest BCUT2D eigenvalue weighted by molar-refractivity contribution is 5.80. The van der Waals surface area contributed by atoms with Crippen molar-refractivity contribution in [1.82, 2.24) is 5.32 Å². The van der Waals surface area contributed by atoms with E-state index in [1.165, 1.54) is 7.11 Å². The van der Waals surface area contributed by atoms with Crippen LogP contribution in [-0.4, -0.2) is 19.1 Å². The van der Waals surface area contributed by atoms with Gasteiger partial charge in [0.15, 0.2) is 0 Å². The summed E-state index contributed by atoms with van der Waals surface area (Å²) in [6.07, 6.45) is -0.406. The highest BCUT2D eigenvalue weighted by Gasteiger charge is 2.14. The van der Waals surface area contributed by atoms with Gasteiger partial charge in [0.1, 0.15) is 6.10 Å². The number of hydrogen-bond acceptors (Lipinski definition) is 2. The molecule has 1 N–H and O–H groups in total. The first-order chi connectivity index (χ1) is 7.15. The molecule has 0 aromatic heterocycles. The molecule has 1 amide bonds. The van der Waals surface area contributed by atoms with Crippen LogP contribution in [0.25, 0.3) is 0 Å². The molecule has 0 radical (unpaired) electrons. The van der Waals surface area contributed by atoms with E-state index in [1.54, 1.807) is 6.92 Å². The molecule has 1 rings (SSSR count). The Morgan fingerprint density at radius 1 is 1.27 bits per heavy atom. The smallest absolute Gasteiger partial charge is 0.249 e. The Hall–Kier alpha value is -1.35. The molecule has 15 heavy (non-hydrogen) atoms. The third-order valence-corrected chi connectivity index (χ3v) is 2.38. The third kappa shape index (κ3) is 3.36. The molecule has 0 saturated carbocycles. The van der Waals surface area contributed by atoms with E-state index in [2.05, 4.69) is 5.32 Å². The number of carbonyl (C=O) groups excluding carboxylic acids is 1. The average molecular weight is 207 g/mol. The van der Waals surface area contributed by atoms with Gasteiger partial charge < -0.3 is 10.1 Å². The normalized spacial score (nSPS) is 14.3. The molecule has 0 aliphatic heterocycles. The van der Waals surface area contributed by atoms with Gasteiger partial charge in [-0.15, -0.1) is 0 Å². The van der Waals surface area contributed by atoms with Gasteiger partial charge in [0.2, 0.25) is 5.91 Å². The second-order valence-electron chi connectivity index (χ2n) is 3.52. The summed E-state index contributed by atoms with van der Waals surface area (Å²) >= 11 is 0. The molecule has 3 nitrogen and oxygen atoms in total. The summed E-state index contributed by atoms with van der Waals surface area (Å²) < 4.78 is 4.94. The number of benzene rings is 1. The molecule has 1 aromatic rings. The predicted octanol–water partition coefficient (Wildman–Crippen LogP) is 1.90. The predicted molar refractivity (Wildman–Crippen MR) is 59.5 cm³/mol. The maximum atomic E-state index is 11.5. The number of rotatable bonds is 4. The van der Waals surface area contributed by atoms with Crippen molar-refractivity contribution in [2.75, 3.05) is 7.11 Å². The molecular weight excluding hydrogens is 190 g/mol. The highest BCUT2D eigenvalue weighted by Crippen LogP contribution is 2.11. The lowest BCUT2D eigenvalue weighted by molar-refractivity contribution is -0.130. The minimum atomic E-state index is -0.406. The van der Waals surface area contributed by atoms with E-state index in [0.29, 0.717) is 0 Å². The first kappa shape index (κ1) is 11.7. The lowest BCUT2D eigenvalue weighted by Crippen LogP contribution is -2.35. The zero-order valence-corrected chi connectivity index (χ0v) is 9.36. The van der Waals surface area contributed by atoms with Crippen molar-refractivity contribution in [2.24, 2.45) is 0 Å². The van der Waals surface area contributed by atoms with Crippen LogP contribution in [0.3, 0.4) is 0 Å². The molecule has 0 spiro atoms. The molecule has 2 atom stereocenters. The molecule has 0 bridgehead atoms. The quantitative estimate of drug-likeness (QED) is 0.819. The lowest BCUT2D eigenvalue weighted by Gasteiger charge is -2.16. The number of amides is 1. The van der Waals surface area contributed by atoms with Crippen LogP contribution in [0.2, 0.25) is 0 Å². The van der Waals surface area contributed by atoms with Gasteiger partial charge in [-0.05, 0) is 19.4 Å². The van der Waals surface area contributed by atoms with E-state index < -0.39 is 6.10 Å². The molecular formula is C12H17NO2. The number of nitrogens with one attached hydrogen (secondary N) is 1. The zero-order valence-electron chi connectivity index (χ0n) is 9.36. The monoisotopic (exact) mass is 207 g/mol. The van der Waals surface area contributed by atoms with E-state index in [-0.39, 0.29) is 11.9 Å². The van der Waals surface area contributed by atoms with Crippen molar-refractivity contribution in [3.8, 4) is 0 Å². The fourth-order valence-electron chi connectivity index (χ4n) is 1.26. The van der Waals surface area contributed by atoms with Crippen molar-refractivity contribution < 1.29 is 9.53 Å². The van der Waals surface area contributed by atoms with E-state index >= 15 is 0 Å². The summed E-state index contributed by atoms with van der Waals surface area (Å²) in [7, 11) is 1.53. The largest absolute Gasteiger partial charge is 0.372 e. The van der Waals surface area contributed by atoms with Crippen LogP contribution in [0.5, 0.6) is 0 Å². The molecule has 82 valence electrons. The number of methoxy groups -OCH3 is 1. The molecule has 0 saturated heterocycles. The SMILES string of the molecule is COC(C)C(=O)NC(C)c1ccccc1. The fourth-order valence-corrected chi connectivity index (χ4v) is 1.26. The standard InChI is InChI=1S/C12H17NO2/c1-9(11-7-5-4-6-8-11)13-12(14)10(2)15-3/h4-10H,1-3H3,(H,13,14). The average Bonchev–Trinajstić information content (AvgIpc) is 2.29. The second kappa shape index (κ2) is 5.51. The number of ether oxygens (including phenoxy) is 1. The van der Waals surface area contributed by atoms with Gasteiger partial charge in [-0.25, -0.2) is 0 Å². The maximum Gasteiger partial charge on any atom is 0.249 e. The highest BCUT2D eigenvalue weighted by atomic mass is 16.5. The van der Waals surface area contributed by atoms with E-state index in [9.17, 15) is 4.79 Å². The van der Waals surface area contributed by atoms with Crippen LogP contribution in [0, 0.1) is 0 Å². The molecule has 0 heterocycles. The van der Waals surface area contributed by atoms with Gasteiger partial charge in [0.25, 0.3) is 0 Å². The van der Waals surface area contributed by atoms with E-state index in [1.807, 2.05) is 37.3 Å². The van der Waals surface area contributed by atoms with E-state index in [0.717, 1.165) is 5.56 Å². The van der Waals surface area contributed by atoms with Crippen LogP contribution >= 0.6 is 0 Å². The fraction of sp³-hybridized carbons (Fsp3) is 0.417. The summed E-state index contributed by atoms with van der Waals surface area (Å²) in [5.41, 5.74) is 1.09. The molecule has 0 aliphatic rings. The summed E-state index contributed by atoms with van der Waals surface area (Å²) in [6, 6.07) is 9.85. The van der Waals surface area contributed by atoms with Crippen LogP contribution < -0.4 is 5.32 Å². The molecule has 0 fully saturated rings. The van der Waals surface area contributed by atoms with Crippen LogP contribution in [0.4, 0.5) is 0 Å². The molecule has 3 heteroatoms. The minimum absolute atomic E-state index is 0.0105. The topological polar surface area (TPSA) is 38.3 Å². The Balaban J connectivity index is 2.56. The second-order valence-corrected chi connectivity index (χ2v) is 3.52. The Bertz CT molecular complexity index is 311. The maximum absolute atomic E-state index is 11.5. The third-order valence-electron chi connectivity index (χ3n) is 2.38. The Kier molecular flexibility index (Phi) is 4.31. The summed E-state index contributed by atoms with van der Waals surface area (Å²) in [5, 5.41) is 2.88.